The molecule has 2 rings (SSSR count). The SMILES string of the molecule is CC1(C(=O)O)CCN(CC2=CCCC2)C1. The van der Waals surface area contributed by atoms with Gasteiger partial charge in [-0.25, -0.2) is 0 Å². The Labute approximate surface area is 90.8 Å². The van der Waals surface area contributed by atoms with Gasteiger partial charge < -0.3 is 5.11 Å². The molecule has 3 nitrogen and oxygen atoms in total. The summed E-state index contributed by atoms with van der Waals surface area (Å²) in [6.45, 7) is 4.49. The van der Waals surface area contributed by atoms with Crippen LogP contribution >= 0.6 is 0 Å². The van der Waals surface area contributed by atoms with Crippen LogP contribution in [0, 0.1) is 5.41 Å². The van der Waals surface area contributed by atoms with Crippen molar-refractivity contribution in [2.45, 2.75) is 32.6 Å². The highest BCUT2D eigenvalue weighted by molar-refractivity contribution is 5.74. The summed E-state index contributed by atoms with van der Waals surface area (Å²) in [5.74, 6) is -0.648. The number of rotatable bonds is 3. The number of hydrogen-bond acceptors (Lipinski definition) is 2. The maximum absolute atomic E-state index is 11.1. The van der Waals surface area contributed by atoms with Crippen molar-refractivity contribution in [3.63, 3.8) is 0 Å². The lowest BCUT2D eigenvalue weighted by molar-refractivity contribution is -0.147. The van der Waals surface area contributed by atoms with Crippen LogP contribution in [-0.4, -0.2) is 35.6 Å². The Kier molecular flexibility index (Phi) is 2.83. The fourth-order valence-electron chi connectivity index (χ4n) is 2.53. The summed E-state index contributed by atoms with van der Waals surface area (Å²) in [4.78, 5) is 13.3. The van der Waals surface area contributed by atoms with E-state index < -0.39 is 11.4 Å². The van der Waals surface area contributed by atoms with E-state index >= 15 is 0 Å². The molecule has 1 atom stereocenters. The van der Waals surface area contributed by atoms with Crippen LogP contribution in [0.25, 0.3) is 0 Å². The molecule has 1 N–H and O–H groups in total. The Hall–Kier alpha value is -0.830. The second-order valence-electron chi connectivity index (χ2n) is 5.08. The molecule has 0 aromatic heterocycles. The first-order valence-corrected chi connectivity index (χ1v) is 5.74. The van der Waals surface area contributed by atoms with E-state index in [9.17, 15) is 4.79 Å². The lowest BCUT2D eigenvalue weighted by Crippen LogP contribution is -2.32. The molecule has 0 spiro atoms. The molecule has 0 radical (unpaired) electrons. The molecule has 3 heteroatoms. The van der Waals surface area contributed by atoms with Crippen molar-refractivity contribution < 1.29 is 9.90 Å². The predicted octanol–water partition coefficient (Wildman–Crippen LogP) is 1.89. The zero-order valence-electron chi connectivity index (χ0n) is 9.33. The van der Waals surface area contributed by atoms with Crippen LogP contribution in [0.2, 0.25) is 0 Å². The van der Waals surface area contributed by atoms with E-state index in [0.29, 0.717) is 6.54 Å². The second-order valence-corrected chi connectivity index (χ2v) is 5.08. The maximum Gasteiger partial charge on any atom is 0.310 e. The van der Waals surface area contributed by atoms with E-state index in [1.54, 1.807) is 0 Å². The Morgan fingerprint density at radius 2 is 2.47 bits per heavy atom. The summed E-state index contributed by atoms with van der Waals surface area (Å²) < 4.78 is 0. The summed E-state index contributed by atoms with van der Waals surface area (Å²) in [5, 5.41) is 9.11. The Balaban J connectivity index is 1.90. The number of hydrogen-bond donors (Lipinski definition) is 1. The minimum absolute atomic E-state index is 0.515. The zero-order chi connectivity index (χ0) is 10.9. The molecular formula is C12H19NO2. The third kappa shape index (κ3) is 2.23. The first kappa shape index (κ1) is 10.7. The molecule has 1 aliphatic carbocycles. The first-order chi connectivity index (χ1) is 7.10. The van der Waals surface area contributed by atoms with Crippen molar-refractivity contribution in [3.8, 4) is 0 Å². The van der Waals surface area contributed by atoms with Gasteiger partial charge in [0.05, 0.1) is 5.41 Å². The lowest BCUT2D eigenvalue weighted by atomic mass is 9.90. The van der Waals surface area contributed by atoms with Crippen LogP contribution in [0.3, 0.4) is 0 Å². The highest BCUT2D eigenvalue weighted by Gasteiger charge is 2.40. The quantitative estimate of drug-likeness (QED) is 0.722. The lowest BCUT2D eigenvalue weighted by Gasteiger charge is -2.20. The van der Waals surface area contributed by atoms with E-state index in [4.69, 9.17) is 5.11 Å². The van der Waals surface area contributed by atoms with Crippen molar-refractivity contribution >= 4 is 5.97 Å². The topological polar surface area (TPSA) is 40.5 Å². The number of likely N-dealkylation sites (tertiary alicyclic amines) is 1. The number of carbonyl (C=O) groups is 1. The van der Waals surface area contributed by atoms with Crippen LogP contribution in [0.4, 0.5) is 0 Å². The fraction of sp³-hybridized carbons (Fsp3) is 0.750. The van der Waals surface area contributed by atoms with Crippen LogP contribution < -0.4 is 0 Å². The van der Waals surface area contributed by atoms with Gasteiger partial charge in [-0.3, -0.25) is 9.69 Å². The zero-order valence-corrected chi connectivity index (χ0v) is 9.33. The van der Waals surface area contributed by atoms with Crippen molar-refractivity contribution in [2.24, 2.45) is 5.41 Å². The molecule has 15 heavy (non-hydrogen) atoms. The molecule has 0 amide bonds. The Morgan fingerprint density at radius 1 is 1.67 bits per heavy atom. The van der Waals surface area contributed by atoms with Crippen molar-refractivity contribution in [1.29, 1.82) is 0 Å². The molecule has 0 saturated carbocycles. The molecule has 0 aromatic rings. The standard InChI is InChI=1S/C12H19NO2/c1-12(11(14)15)6-7-13(9-12)8-10-4-2-3-5-10/h4H,2-3,5-9H2,1H3,(H,14,15). The van der Waals surface area contributed by atoms with E-state index in [1.807, 2.05) is 6.92 Å². The summed E-state index contributed by atoms with van der Waals surface area (Å²) in [7, 11) is 0. The molecule has 1 unspecified atom stereocenters. The van der Waals surface area contributed by atoms with Gasteiger partial charge in [-0.05, 0) is 39.2 Å². The highest BCUT2D eigenvalue weighted by Crippen LogP contribution is 2.31. The van der Waals surface area contributed by atoms with Crippen molar-refractivity contribution in [3.05, 3.63) is 11.6 Å². The van der Waals surface area contributed by atoms with E-state index in [-0.39, 0.29) is 0 Å². The third-order valence-electron chi connectivity index (χ3n) is 3.63. The monoisotopic (exact) mass is 209 g/mol. The van der Waals surface area contributed by atoms with Crippen LogP contribution in [0.15, 0.2) is 11.6 Å². The summed E-state index contributed by atoms with van der Waals surface area (Å²) >= 11 is 0. The molecule has 1 aliphatic heterocycles. The third-order valence-corrected chi connectivity index (χ3v) is 3.63. The average molecular weight is 209 g/mol. The molecule has 1 saturated heterocycles. The molecule has 1 heterocycles. The summed E-state index contributed by atoms with van der Waals surface area (Å²) in [5.41, 5.74) is 0.990. The smallest absolute Gasteiger partial charge is 0.310 e. The number of nitrogens with zero attached hydrogens (tertiary/aromatic N) is 1. The van der Waals surface area contributed by atoms with Crippen molar-refractivity contribution in [2.75, 3.05) is 19.6 Å². The van der Waals surface area contributed by atoms with Gasteiger partial charge >= 0.3 is 5.97 Å². The minimum Gasteiger partial charge on any atom is -0.481 e. The van der Waals surface area contributed by atoms with E-state index in [1.165, 1.54) is 24.8 Å². The summed E-state index contributed by atoms with van der Waals surface area (Å²) in [6, 6.07) is 0. The molecule has 2 aliphatic rings. The van der Waals surface area contributed by atoms with Gasteiger partial charge in [0.25, 0.3) is 0 Å². The van der Waals surface area contributed by atoms with Gasteiger partial charge in [0, 0.05) is 13.1 Å². The van der Waals surface area contributed by atoms with Gasteiger partial charge in [-0.1, -0.05) is 11.6 Å². The average Bonchev–Trinajstić information content (AvgIpc) is 2.77. The van der Waals surface area contributed by atoms with E-state index in [2.05, 4.69) is 11.0 Å². The van der Waals surface area contributed by atoms with Gasteiger partial charge in [0.1, 0.15) is 0 Å². The molecule has 0 bridgehead atoms. The van der Waals surface area contributed by atoms with Crippen LogP contribution in [0.1, 0.15) is 32.6 Å². The van der Waals surface area contributed by atoms with Crippen LogP contribution in [-0.2, 0) is 4.79 Å². The normalized spacial score (nSPS) is 31.9. The molecular weight excluding hydrogens is 190 g/mol. The van der Waals surface area contributed by atoms with Gasteiger partial charge in [-0.2, -0.15) is 0 Å². The van der Waals surface area contributed by atoms with Gasteiger partial charge in [-0.15, -0.1) is 0 Å². The predicted molar refractivity (Wildman–Crippen MR) is 58.7 cm³/mol. The van der Waals surface area contributed by atoms with Gasteiger partial charge in [0.2, 0.25) is 0 Å². The van der Waals surface area contributed by atoms with Crippen LogP contribution in [0.5, 0.6) is 0 Å². The molecule has 84 valence electrons. The first-order valence-electron chi connectivity index (χ1n) is 5.74. The fourth-order valence-corrected chi connectivity index (χ4v) is 2.53. The largest absolute Gasteiger partial charge is 0.481 e. The number of aliphatic carboxylic acids is 1. The minimum atomic E-state index is -0.648. The number of carboxylic acid groups (broad SMARTS) is 1. The number of allylic oxidation sites excluding steroid dienone is 1. The Bertz CT molecular complexity index is 298. The maximum atomic E-state index is 11.1. The second kappa shape index (κ2) is 3.97. The Morgan fingerprint density at radius 3 is 3.00 bits per heavy atom. The van der Waals surface area contributed by atoms with Gasteiger partial charge in [0.15, 0.2) is 0 Å². The number of carboxylic acids is 1. The highest BCUT2D eigenvalue weighted by atomic mass is 16.4. The van der Waals surface area contributed by atoms with Crippen molar-refractivity contribution in [1.82, 2.24) is 4.90 Å². The van der Waals surface area contributed by atoms with E-state index in [0.717, 1.165) is 19.5 Å². The summed E-state index contributed by atoms with van der Waals surface area (Å²) in [6.07, 6.45) is 6.80. The molecule has 1 fully saturated rings. The molecule has 0 aromatic carbocycles.